The first kappa shape index (κ1) is 16.5. The Kier molecular flexibility index (Phi) is 4.36. The number of non-ortho nitro benzene ring substituents is 1. The molecule has 1 heterocycles. The zero-order chi connectivity index (χ0) is 18.0. The van der Waals surface area contributed by atoms with E-state index in [0.29, 0.717) is 22.0 Å². The number of benzene rings is 2. The maximum absolute atomic E-state index is 11.0. The minimum atomic E-state index is -1.51. The minimum absolute atomic E-state index is 0.1000. The largest absolute Gasteiger partial charge is 0.512 e. The van der Waals surface area contributed by atoms with Gasteiger partial charge in [0, 0.05) is 28.8 Å². The van der Waals surface area contributed by atoms with Crippen LogP contribution in [0.1, 0.15) is 0 Å². The van der Waals surface area contributed by atoms with E-state index in [0.717, 1.165) is 0 Å². The average Bonchev–Trinajstić information content (AvgIpc) is 2.98. The molecule has 0 bridgehead atoms. The molecule has 9 heteroatoms. The summed E-state index contributed by atoms with van der Waals surface area (Å²) >= 11 is 6.00. The second kappa shape index (κ2) is 6.62. The molecule has 0 aliphatic heterocycles. The van der Waals surface area contributed by atoms with Crippen LogP contribution in [0.3, 0.4) is 0 Å². The minimum Gasteiger partial charge on any atom is -0.449 e. The van der Waals surface area contributed by atoms with E-state index >= 15 is 0 Å². The molecule has 0 unspecified atom stereocenters. The molecule has 1 N–H and O–H groups in total. The van der Waals surface area contributed by atoms with Crippen molar-refractivity contribution in [1.29, 1.82) is 0 Å². The van der Waals surface area contributed by atoms with Crippen molar-refractivity contribution in [2.45, 2.75) is 0 Å². The van der Waals surface area contributed by atoms with Gasteiger partial charge in [-0.1, -0.05) is 29.8 Å². The van der Waals surface area contributed by atoms with Gasteiger partial charge in [0.25, 0.3) is 5.69 Å². The lowest BCUT2D eigenvalue weighted by molar-refractivity contribution is -0.384. The Morgan fingerprint density at radius 2 is 1.96 bits per heavy atom. The monoisotopic (exact) mass is 359 g/mol. The van der Waals surface area contributed by atoms with Crippen LogP contribution in [0.25, 0.3) is 16.9 Å². The van der Waals surface area contributed by atoms with Gasteiger partial charge in [-0.3, -0.25) is 10.1 Å². The van der Waals surface area contributed by atoms with Crippen molar-refractivity contribution < 1.29 is 19.6 Å². The number of hydrogen-bond acceptors (Lipinski definition) is 5. The summed E-state index contributed by atoms with van der Waals surface area (Å²) in [6.45, 7) is 0. The van der Waals surface area contributed by atoms with Gasteiger partial charge in [-0.25, -0.2) is 9.48 Å². The molecule has 0 radical (unpaired) electrons. The molecule has 0 saturated carbocycles. The van der Waals surface area contributed by atoms with Gasteiger partial charge in [-0.05, 0) is 18.2 Å². The van der Waals surface area contributed by atoms with Crippen molar-refractivity contribution in [2.75, 3.05) is 0 Å². The highest BCUT2D eigenvalue weighted by Gasteiger charge is 2.17. The number of nitrogens with zero attached hydrogens (tertiary/aromatic N) is 3. The van der Waals surface area contributed by atoms with E-state index in [9.17, 15) is 14.9 Å². The highest BCUT2D eigenvalue weighted by molar-refractivity contribution is 6.30. The fourth-order valence-electron chi connectivity index (χ4n) is 2.29. The van der Waals surface area contributed by atoms with E-state index in [1.807, 2.05) is 0 Å². The van der Waals surface area contributed by atoms with Crippen LogP contribution in [-0.4, -0.2) is 26.0 Å². The fraction of sp³-hybridized carbons (Fsp3) is 0. The van der Waals surface area contributed by atoms with E-state index in [1.165, 1.54) is 28.9 Å². The maximum Gasteiger partial charge on any atom is 0.512 e. The van der Waals surface area contributed by atoms with Gasteiger partial charge >= 0.3 is 6.16 Å². The molecule has 3 rings (SSSR count). The Morgan fingerprint density at radius 1 is 1.20 bits per heavy atom. The molecule has 3 aromatic rings. The summed E-state index contributed by atoms with van der Waals surface area (Å²) in [5.74, 6) is -0.158. The normalized spacial score (nSPS) is 10.4. The number of nitro benzene ring substituents is 1. The number of halogens is 1. The van der Waals surface area contributed by atoms with Gasteiger partial charge in [-0.2, -0.15) is 0 Å². The Balaban J connectivity index is 2.17. The molecule has 0 amide bonds. The molecule has 0 aliphatic rings. The summed E-state index contributed by atoms with van der Waals surface area (Å²) in [5.41, 5.74) is 1.34. The van der Waals surface area contributed by atoms with Crippen LogP contribution in [-0.2, 0) is 0 Å². The van der Waals surface area contributed by atoms with Crippen molar-refractivity contribution in [3.05, 3.63) is 69.7 Å². The Hall–Kier alpha value is -3.39. The molecule has 25 heavy (non-hydrogen) atoms. The third-order valence-electron chi connectivity index (χ3n) is 3.28. The lowest BCUT2D eigenvalue weighted by atomic mass is 10.1. The molecule has 2 aromatic carbocycles. The summed E-state index contributed by atoms with van der Waals surface area (Å²) in [5, 5.41) is 24.3. The quantitative estimate of drug-likeness (QED) is 0.425. The first-order chi connectivity index (χ1) is 11.9. The van der Waals surface area contributed by atoms with E-state index in [-0.39, 0.29) is 11.6 Å². The van der Waals surface area contributed by atoms with E-state index < -0.39 is 11.1 Å². The molecule has 0 spiro atoms. The average molecular weight is 360 g/mol. The summed E-state index contributed by atoms with van der Waals surface area (Å²) in [7, 11) is 0. The van der Waals surface area contributed by atoms with Crippen molar-refractivity contribution in [2.24, 2.45) is 0 Å². The van der Waals surface area contributed by atoms with Crippen LogP contribution in [0.2, 0.25) is 5.02 Å². The van der Waals surface area contributed by atoms with Crippen LogP contribution in [0.15, 0.2) is 54.6 Å². The number of aromatic nitrogens is 2. The van der Waals surface area contributed by atoms with Gasteiger partial charge in [0.05, 0.1) is 16.3 Å². The third kappa shape index (κ3) is 3.59. The second-order valence-corrected chi connectivity index (χ2v) is 5.37. The molecular formula is C16H10ClN3O5. The fourth-order valence-corrected chi connectivity index (χ4v) is 2.47. The highest BCUT2D eigenvalue weighted by Crippen LogP contribution is 2.30. The Bertz CT molecular complexity index is 970. The van der Waals surface area contributed by atoms with E-state index in [1.54, 1.807) is 30.3 Å². The lowest BCUT2D eigenvalue weighted by Crippen LogP contribution is -2.04. The summed E-state index contributed by atoms with van der Waals surface area (Å²) < 4.78 is 6.01. The van der Waals surface area contributed by atoms with Crippen molar-refractivity contribution >= 4 is 23.4 Å². The topological polar surface area (TPSA) is 107 Å². The van der Waals surface area contributed by atoms with E-state index in [4.69, 9.17) is 16.7 Å². The molecule has 0 fully saturated rings. The second-order valence-electron chi connectivity index (χ2n) is 4.93. The van der Waals surface area contributed by atoms with Crippen LogP contribution in [0, 0.1) is 10.1 Å². The molecule has 0 saturated heterocycles. The molecular weight excluding hydrogens is 350 g/mol. The van der Waals surface area contributed by atoms with Gasteiger partial charge in [0.2, 0.25) is 5.88 Å². The zero-order valence-corrected chi connectivity index (χ0v) is 13.3. The Morgan fingerprint density at radius 3 is 2.64 bits per heavy atom. The van der Waals surface area contributed by atoms with Gasteiger partial charge in [-0.15, -0.1) is 5.10 Å². The van der Waals surface area contributed by atoms with Crippen molar-refractivity contribution in [3.8, 4) is 22.8 Å². The van der Waals surface area contributed by atoms with Crippen LogP contribution >= 0.6 is 11.6 Å². The van der Waals surface area contributed by atoms with Crippen LogP contribution < -0.4 is 4.74 Å². The lowest BCUT2D eigenvalue weighted by Gasteiger charge is -2.07. The number of carbonyl (C=O) groups is 1. The summed E-state index contributed by atoms with van der Waals surface area (Å²) in [4.78, 5) is 21.3. The van der Waals surface area contributed by atoms with E-state index in [2.05, 4.69) is 9.84 Å². The zero-order valence-electron chi connectivity index (χ0n) is 12.5. The summed E-state index contributed by atoms with van der Waals surface area (Å²) in [6.07, 6.45) is -1.51. The highest BCUT2D eigenvalue weighted by atomic mass is 35.5. The number of nitro groups is 1. The predicted octanol–water partition coefficient (Wildman–Crippen LogP) is 4.16. The number of hydrogen-bond donors (Lipinski definition) is 1. The smallest absolute Gasteiger partial charge is 0.449 e. The Labute approximate surface area is 146 Å². The maximum atomic E-state index is 11.0. The first-order valence-corrected chi connectivity index (χ1v) is 7.33. The molecule has 0 atom stereocenters. The van der Waals surface area contributed by atoms with Crippen molar-refractivity contribution in [1.82, 2.24) is 9.78 Å². The van der Waals surface area contributed by atoms with Crippen LogP contribution in [0.4, 0.5) is 10.5 Å². The van der Waals surface area contributed by atoms with Gasteiger partial charge < -0.3 is 9.84 Å². The molecule has 126 valence electrons. The SMILES string of the molecule is O=C(O)Oc1cc(-c2cccc([N+](=O)[O-])c2)n(-c2cccc(Cl)c2)n1. The standard InChI is InChI=1S/C16H10ClN3O5/c17-11-4-2-5-12(8-11)19-14(9-15(18-19)25-16(21)22)10-3-1-6-13(7-10)20(23)24/h1-9H,(H,21,22). The first-order valence-electron chi connectivity index (χ1n) is 6.95. The van der Waals surface area contributed by atoms with Gasteiger partial charge in [0.1, 0.15) is 0 Å². The molecule has 0 aliphatic carbocycles. The number of rotatable bonds is 4. The van der Waals surface area contributed by atoms with Crippen LogP contribution in [0.5, 0.6) is 5.88 Å². The number of ether oxygens (including phenoxy) is 1. The third-order valence-corrected chi connectivity index (χ3v) is 3.52. The van der Waals surface area contributed by atoms with Gasteiger partial charge in [0.15, 0.2) is 0 Å². The summed E-state index contributed by atoms with van der Waals surface area (Å²) in [6, 6.07) is 14.0. The number of carboxylic acid groups (broad SMARTS) is 1. The van der Waals surface area contributed by atoms with Crippen molar-refractivity contribution in [3.63, 3.8) is 0 Å². The molecule has 8 nitrogen and oxygen atoms in total. The predicted molar refractivity (Wildman–Crippen MR) is 89.3 cm³/mol. The molecule has 1 aromatic heterocycles.